The van der Waals surface area contributed by atoms with E-state index in [-0.39, 0.29) is 11.8 Å². The minimum absolute atomic E-state index is 0.121. The summed E-state index contributed by atoms with van der Waals surface area (Å²) in [5.41, 5.74) is 0.479. The molecule has 0 saturated heterocycles. The van der Waals surface area contributed by atoms with Crippen LogP contribution in [0, 0.1) is 0 Å². The molecule has 1 aromatic rings. The van der Waals surface area contributed by atoms with Crippen molar-refractivity contribution in [3.63, 3.8) is 0 Å². The van der Waals surface area contributed by atoms with Gasteiger partial charge in [0, 0.05) is 35.1 Å². The Morgan fingerprint density at radius 2 is 1.88 bits per heavy atom. The van der Waals surface area contributed by atoms with Crippen molar-refractivity contribution in [2.45, 2.75) is 6.92 Å². The molecule has 6 heteroatoms. The number of halogens is 2. The van der Waals surface area contributed by atoms with Crippen molar-refractivity contribution in [3.05, 3.63) is 33.3 Å². The van der Waals surface area contributed by atoms with Crippen LogP contribution in [0.5, 0.6) is 0 Å². The highest BCUT2D eigenvalue weighted by Crippen LogP contribution is 2.19. The molecule has 2 amide bonds. The average molecular weight is 320 g/mol. The monoisotopic (exact) mass is 318 g/mol. The van der Waals surface area contributed by atoms with Gasteiger partial charge in [-0.2, -0.15) is 0 Å². The number of rotatable bonds is 4. The Morgan fingerprint density at radius 3 is 2.47 bits per heavy atom. The topological polar surface area (TPSA) is 58.2 Å². The Bertz CT molecular complexity index is 417. The average Bonchev–Trinajstić information content (AvgIpc) is 2.22. The Balaban J connectivity index is 2.49. The first kappa shape index (κ1) is 14.0. The van der Waals surface area contributed by atoms with Crippen molar-refractivity contribution in [1.82, 2.24) is 10.6 Å². The number of hydrogen-bond acceptors (Lipinski definition) is 2. The first-order valence-corrected chi connectivity index (χ1v) is 6.15. The van der Waals surface area contributed by atoms with Gasteiger partial charge in [0.1, 0.15) is 0 Å². The quantitative estimate of drug-likeness (QED) is 0.834. The summed E-state index contributed by atoms with van der Waals surface area (Å²) in [4.78, 5) is 22.3. The summed E-state index contributed by atoms with van der Waals surface area (Å²) in [7, 11) is 0. The van der Waals surface area contributed by atoms with Gasteiger partial charge in [-0.05, 0) is 18.2 Å². The number of carbonyl (C=O) groups excluding carboxylic acids is 2. The predicted molar refractivity (Wildman–Crippen MR) is 70.2 cm³/mol. The second kappa shape index (κ2) is 6.61. The van der Waals surface area contributed by atoms with Crippen LogP contribution >= 0.6 is 27.5 Å². The summed E-state index contributed by atoms with van der Waals surface area (Å²) >= 11 is 9.09. The summed E-state index contributed by atoms with van der Waals surface area (Å²) < 4.78 is 0.747. The molecule has 1 aromatic carbocycles. The van der Waals surface area contributed by atoms with E-state index in [1.165, 1.54) is 6.92 Å². The normalized spacial score (nSPS) is 9.82. The number of hydrogen-bond donors (Lipinski definition) is 2. The van der Waals surface area contributed by atoms with E-state index in [1.807, 2.05) is 0 Å². The van der Waals surface area contributed by atoms with Crippen LogP contribution in [0.4, 0.5) is 0 Å². The lowest BCUT2D eigenvalue weighted by Gasteiger charge is -2.06. The summed E-state index contributed by atoms with van der Waals surface area (Å²) in [6.45, 7) is 2.21. The molecule has 92 valence electrons. The van der Waals surface area contributed by atoms with Crippen molar-refractivity contribution in [1.29, 1.82) is 0 Å². The lowest BCUT2D eigenvalue weighted by atomic mass is 10.2. The Hall–Kier alpha value is -1.07. The summed E-state index contributed by atoms with van der Waals surface area (Å²) in [6.07, 6.45) is 0. The molecule has 0 heterocycles. The van der Waals surface area contributed by atoms with Crippen LogP contribution in [0.15, 0.2) is 22.7 Å². The van der Waals surface area contributed by atoms with E-state index in [0.717, 1.165) is 4.47 Å². The highest BCUT2D eigenvalue weighted by atomic mass is 79.9. The molecule has 17 heavy (non-hydrogen) atoms. The van der Waals surface area contributed by atoms with Crippen molar-refractivity contribution in [3.8, 4) is 0 Å². The van der Waals surface area contributed by atoms with E-state index >= 15 is 0 Å². The van der Waals surface area contributed by atoms with Gasteiger partial charge >= 0.3 is 0 Å². The molecule has 1 rings (SSSR count). The number of nitrogens with one attached hydrogen (secondary N) is 2. The van der Waals surface area contributed by atoms with E-state index in [2.05, 4.69) is 26.6 Å². The lowest BCUT2D eigenvalue weighted by molar-refractivity contribution is -0.118. The molecule has 0 unspecified atom stereocenters. The highest BCUT2D eigenvalue weighted by Gasteiger charge is 2.06. The van der Waals surface area contributed by atoms with E-state index < -0.39 is 0 Å². The van der Waals surface area contributed by atoms with Crippen molar-refractivity contribution < 1.29 is 9.59 Å². The third-order valence-electron chi connectivity index (χ3n) is 1.91. The van der Waals surface area contributed by atoms with E-state index in [4.69, 9.17) is 11.6 Å². The second-order valence-corrected chi connectivity index (χ2v) is 4.75. The zero-order valence-corrected chi connectivity index (χ0v) is 11.6. The van der Waals surface area contributed by atoms with Crippen molar-refractivity contribution in [2.75, 3.05) is 13.1 Å². The minimum atomic E-state index is -0.224. The fourth-order valence-corrected chi connectivity index (χ4v) is 2.06. The van der Waals surface area contributed by atoms with Crippen LogP contribution in [0.1, 0.15) is 17.3 Å². The van der Waals surface area contributed by atoms with Gasteiger partial charge in [-0.3, -0.25) is 9.59 Å². The molecule has 2 N–H and O–H groups in total. The zero-order chi connectivity index (χ0) is 12.8. The van der Waals surface area contributed by atoms with Gasteiger partial charge in [0.15, 0.2) is 0 Å². The fraction of sp³-hybridized carbons (Fsp3) is 0.273. The molecule has 0 bridgehead atoms. The highest BCUT2D eigenvalue weighted by molar-refractivity contribution is 9.10. The molecule has 0 atom stereocenters. The molecule has 0 fully saturated rings. The van der Waals surface area contributed by atoms with Gasteiger partial charge in [-0.25, -0.2) is 0 Å². The molecule has 0 saturated carbocycles. The van der Waals surface area contributed by atoms with Crippen LogP contribution in [0.3, 0.4) is 0 Å². The molecular weight excluding hydrogens is 307 g/mol. The summed E-state index contributed by atoms with van der Waals surface area (Å²) in [6, 6.07) is 4.97. The Kier molecular flexibility index (Phi) is 5.44. The molecule has 0 radical (unpaired) electrons. The van der Waals surface area contributed by atoms with Crippen molar-refractivity contribution >= 4 is 39.3 Å². The number of amides is 2. The molecule has 0 aliphatic carbocycles. The van der Waals surface area contributed by atoms with Gasteiger partial charge in [-0.15, -0.1) is 0 Å². The fourth-order valence-electron chi connectivity index (χ4n) is 1.20. The first-order chi connectivity index (χ1) is 7.99. The standard InChI is InChI=1S/C11H12BrClN2O2/c1-7(16)14-2-3-15-11(17)8-4-9(12)6-10(13)5-8/h4-6H,2-3H2,1H3,(H,14,16)(H,15,17). The Labute approximate surface area is 113 Å². The number of carbonyl (C=O) groups is 2. The van der Waals surface area contributed by atoms with Crippen LogP contribution in [-0.2, 0) is 4.79 Å². The smallest absolute Gasteiger partial charge is 0.251 e. The van der Waals surface area contributed by atoms with Gasteiger partial charge in [0.2, 0.25) is 5.91 Å². The Morgan fingerprint density at radius 1 is 1.24 bits per heavy atom. The maximum Gasteiger partial charge on any atom is 0.251 e. The zero-order valence-electron chi connectivity index (χ0n) is 9.22. The largest absolute Gasteiger partial charge is 0.355 e. The van der Waals surface area contributed by atoms with Crippen LogP contribution in [0.2, 0.25) is 5.02 Å². The van der Waals surface area contributed by atoms with Crippen LogP contribution in [-0.4, -0.2) is 24.9 Å². The molecule has 4 nitrogen and oxygen atoms in total. The van der Waals surface area contributed by atoms with E-state index in [1.54, 1.807) is 18.2 Å². The van der Waals surface area contributed by atoms with Gasteiger partial charge in [0.25, 0.3) is 5.91 Å². The molecular formula is C11H12BrClN2O2. The molecule has 0 spiro atoms. The van der Waals surface area contributed by atoms with Crippen LogP contribution < -0.4 is 10.6 Å². The molecule has 0 aliphatic rings. The van der Waals surface area contributed by atoms with Gasteiger partial charge in [0.05, 0.1) is 0 Å². The third-order valence-corrected chi connectivity index (χ3v) is 2.59. The van der Waals surface area contributed by atoms with Gasteiger partial charge in [-0.1, -0.05) is 27.5 Å². The first-order valence-electron chi connectivity index (χ1n) is 4.98. The second-order valence-electron chi connectivity index (χ2n) is 3.40. The number of benzene rings is 1. The third kappa shape index (κ3) is 5.19. The van der Waals surface area contributed by atoms with Crippen LogP contribution in [0.25, 0.3) is 0 Å². The molecule has 0 aromatic heterocycles. The SMILES string of the molecule is CC(=O)NCCNC(=O)c1cc(Cl)cc(Br)c1. The van der Waals surface area contributed by atoms with E-state index in [9.17, 15) is 9.59 Å². The minimum Gasteiger partial charge on any atom is -0.355 e. The van der Waals surface area contributed by atoms with Gasteiger partial charge < -0.3 is 10.6 Å². The summed E-state index contributed by atoms with van der Waals surface area (Å²) in [5.74, 6) is -0.344. The maximum atomic E-state index is 11.7. The predicted octanol–water partition coefficient (Wildman–Crippen LogP) is 1.97. The van der Waals surface area contributed by atoms with E-state index in [0.29, 0.717) is 23.7 Å². The maximum absolute atomic E-state index is 11.7. The lowest BCUT2D eigenvalue weighted by Crippen LogP contribution is -2.33. The molecule has 0 aliphatic heterocycles. The summed E-state index contributed by atoms with van der Waals surface area (Å²) in [5, 5.41) is 5.75. The van der Waals surface area contributed by atoms with Crippen molar-refractivity contribution in [2.24, 2.45) is 0 Å².